The Morgan fingerprint density at radius 2 is 1.10 bits per heavy atom. The van der Waals surface area contributed by atoms with Crippen LogP contribution >= 0.6 is 0 Å². The Labute approximate surface area is 517 Å². The Morgan fingerprint density at radius 3 is 1.73 bits per heavy atom. The molecule has 0 saturated carbocycles. The molecule has 0 atom stereocenters. The first-order valence-corrected chi connectivity index (χ1v) is 29.8. The van der Waals surface area contributed by atoms with Crippen LogP contribution in [0.25, 0.3) is 44.5 Å². The largest absolute Gasteiger partial charge is 0.509 e. The zero-order valence-electron chi connectivity index (χ0n) is 52.3. The molecule has 0 amide bonds. The first-order chi connectivity index (χ1) is 39.1. The van der Waals surface area contributed by atoms with Crippen molar-refractivity contribution in [3.8, 4) is 56.0 Å². The minimum Gasteiger partial charge on any atom is -0.509 e. The van der Waals surface area contributed by atoms with E-state index >= 15 is 0 Å². The molecular formula is C78H83N4OPt-3. The molecule has 1 aliphatic carbocycles. The first kappa shape index (κ1) is 59.9. The van der Waals surface area contributed by atoms with Crippen molar-refractivity contribution in [3.05, 3.63) is 228 Å². The number of rotatable bonds is 10. The third kappa shape index (κ3) is 12.1. The van der Waals surface area contributed by atoms with E-state index < -0.39 is 0 Å². The van der Waals surface area contributed by atoms with Gasteiger partial charge in [-0.1, -0.05) is 226 Å². The van der Waals surface area contributed by atoms with Crippen molar-refractivity contribution in [2.24, 2.45) is 0 Å². The third-order valence-corrected chi connectivity index (χ3v) is 17.3. The zero-order valence-corrected chi connectivity index (χ0v) is 54.6. The van der Waals surface area contributed by atoms with E-state index in [-0.39, 0.29) is 53.6 Å². The topological polar surface area (TPSA) is 40.6 Å². The second-order valence-corrected chi connectivity index (χ2v) is 28.7. The number of nitrogens with one attached hydrogen (secondary N) is 1. The number of hydrogen-bond donors (Lipinski definition) is 1. The summed E-state index contributed by atoms with van der Waals surface area (Å²) < 4.78 is 6.66. The van der Waals surface area contributed by atoms with Gasteiger partial charge in [-0.05, 0) is 120 Å². The quantitative estimate of drug-likeness (QED) is 0.138. The predicted octanol–water partition coefficient (Wildman–Crippen LogP) is 21.8. The van der Waals surface area contributed by atoms with E-state index in [9.17, 15) is 0 Å². The summed E-state index contributed by atoms with van der Waals surface area (Å²) in [5.74, 6) is 2.01. The van der Waals surface area contributed by atoms with Crippen molar-refractivity contribution in [2.45, 2.75) is 156 Å². The second-order valence-electron chi connectivity index (χ2n) is 28.7. The summed E-state index contributed by atoms with van der Waals surface area (Å²) in [5, 5.41) is 3.79. The molecule has 434 valence electrons. The van der Waals surface area contributed by atoms with Crippen LogP contribution in [0, 0.1) is 18.8 Å². The summed E-state index contributed by atoms with van der Waals surface area (Å²) in [6.07, 6.45) is 4.45. The third-order valence-electron chi connectivity index (χ3n) is 17.3. The SMILES string of the molecule is CC(C)(C)c1cc(-c2cccc(-c3ccccc3)c2N2[CH-]N(c3[c-]c(Oc4[c-]cc(-c5cc(C(C)(C)C)ccc5Nc5cc(C(C)(C)C)c(-c6ccc7c(c6)C(C)(C)CCC7(C)C)cn5)cc4)ccc3)c3ccccc32)cc(C(C)(C)C)c1.[Pt]. The molecule has 0 spiro atoms. The van der Waals surface area contributed by atoms with E-state index in [0.29, 0.717) is 11.5 Å². The van der Waals surface area contributed by atoms with Crippen LogP contribution in [0.15, 0.2) is 176 Å². The maximum absolute atomic E-state index is 6.66. The number of pyridine rings is 1. The molecule has 0 unspecified atom stereocenters. The van der Waals surface area contributed by atoms with E-state index in [0.717, 1.165) is 56.5 Å². The van der Waals surface area contributed by atoms with Crippen molar-refractivity contribution in [2.75, 3.05) is 15.1 Å². The van der Waals surface area contributed by atoms with Gasteiger partial charge in [0.25, 0.3) is 0 Å². The normalized spacial score (nSPS) is 14.8. The van der Waals surface area contributed by atoms with Crippen LogP contribution in [-0.4, -0.2) is 4.98 Å². The number of aromatic nitrogens is 1. The molecule has 1 aromatic heterocycles. The average molecular weight is 1290 g/mol. The van der Waals surface area contributed by atoms with Gasteiger partial charge in [0.15, 0.2) is 0 Å². The summed E-state index contributed by atoms with van der Waals surface area (Å²) >= 11 is 0. The number of anilines is 6. The van der Waals surface area contributed by atoms with Crippen molar-refractivity contribution >= 4 is 34.3 Å². The Kier molecular flexibility index (Phi) is 15.9. The van der Waals surface area contributed by atoms with Crippen LogP contribution in [0.5, 0.6) is 11.5 Å². The Hall–Kier alpha value is -7.20. The first-order valence-electron chi connectivity index (χ1n) is 29.8. The molecular weight excluding hydrogens is 1200 g/mol. The molecule has 0 radical (unpaired) electrons. The monoisotopic (exact) mass is 1290 g/mol. The molecule has 6 heteroatoms. The fourth-order valence-electron chi connectivity index (χ4n) is 12.0. The summed E-state index contributed by atoms with van der Waals surface area (Å²) in [4.78, 5) is 9.73. The molecule has 84 heavy (non-hydrogen) atoms. The molecule has 5 nitrogen and oxygen atoms in total. The molecule has 8 aromatic carbocycles. The minimum absolute atomic E-state index is 0. The zero-order chi connectivity index (χ0) is 59.0. The number of nitrogens with zero attached hydrogens (tertiary/aromatic N) is 3. The molecule has 1 N–H and O–H groups in total. The van der Waals surface area contributed by atoms with Gasteiger partial charge in [0, 0.05) is 78.2 Å². The molecule has 2 aliphatic rings. The van der Waals surface area contributed by atoms with E-state index in [1.54, 1.807) is 0 Å². The van der Waals surface area contributed by atoms with Crippen molar-refractivity contribution in [1.82, 2.24) is 4.98 Å². The molecule has 2 heterocycles. The van der Waals surface area contributed by atoms with Crippen molar-refractivity contribution in [1.29, 1.82) is 0 Å². The van der Waals surface area contributed by atoms with E-state index in [4.69, 9.17) is 9.72 Å². The number of benzene rings is 8. The van der Waals surface area contributed by atoms with Crippen LogP contribution in [0.1, 0.15) is 157 Å². The standard InChI is InChI=1S/C78H83N4O.Pt/c1-73(2,3)55-35-39-68(80-71-48-66(76(10,11)12)64(49-79-71)53-34-38-65-67(44-53)78(15,16)41-40-77(65,13)14)63(46-55)52-32-36-59(37-33-52)83-60-27-22-26-58(47-60)81-50-82(70-31-21-20-30-69(70)81)72-61(51-24-18-17-19-25-51)28-23-29-62(72)54-42-56(74(4,5)6)45-57(43-54)75(7,8)9;/h17-36,38-39,42-46,48-50H,40-41H2,1-16H3,(H,79,80);/q-3;. The van der Waals surface area contributed by atoms with Crippen LogP contribution in [0.3, 0.4) is 0 Å². The summed E-state index contributed by atoms with van der Waals surface area (Å²) in [7, 11) is 0. The van der Waals surface area contributed by atoms with Gasteiger partial charge < -0.3 is 19.9 Å². The van der Waals surface area contributed by atoms with Crippen LogP contribution in [-0.2, 0) is 53.6 Å². The van der Waals surface area contributed by atoms with Gasteiger partial charge in [-0.3, -0.25) is 0 Å². The van der Waals surface area contributed by atoms with E-state index in [1.807, 2.05) is 24.3 Å². The van der Waals surface area contributed by atoms with Crippen LogP contribution in [0.2, 0.25) is 0 Å². The number of fused-ring (bicyclic) bond motifs is 2. The van der Waals surface area contributed by atoms with Gasteiger partial charge in [0.1, 0.15) is 5.82 Å². The van der Waals surface area contributed by atoms with E-state index in [2.05, 4.69) is 296 Å². The van der Waals surface area contributed by atoms with Gasteiger partial charge >= 0.3 is 0 Å². The fraction of sp³-hybridized carbons (Fsp3) is 0.308. The molecule has 9 aromatic rings. The predicted molar refractivity (Wildman–Crippen MR) is 351 cm³/mol. The van der Waals surface area contributed by atoms with E-state index in [1.165, 1.54) is 68.5 Å². The summed E-state index contributed by atoms with van der Waals surface area (Å²) in [6.45, 7) is 39.3. The molecule has 0 saturated heterocycles. The fourth-order valence-corrected chi connectivity index (χ4v) is 12.0. The average Bonchev–Trinajstić information content (AvgIpc) is 2.20. The molecule has 11 rings (SSSR count). The van der Waals surface area contributed by atoms with Gasteiger partial charge in [-0.15, -0.1) is 48.3 Å². The molecule has 1 aliphatic heterocycles. The molecule has 0 fully saturated rings. The number of hydrogen-bond acceptors (Lipinski definition) is 5. The number of para-hydroxylation sites is 3. The van der Waals surface area contributed by atoms with Gasteiger partial charge in [0.05, 0.1) is 0 Å². The summed E-state index contributed by atoms with van der Waals surface area (Å²) in [6, 6.07) is 68.9. The summed E-state index contributed by atoms with van der Waals surface area (Å²) in [5.41, 5.74) is 22.3. The van der Waals surface area contributed by atoms with Crippen molar-refractivity contribution < 1.29 is 25.8 Å². The number of ether oxygens (including phenoxy) is 1. The molecule has 0 bridgehead atoms. The van der Waals surface area contributed by atoms with Gasteiger partial charge in [-0.25, -0.2) is 4.98 Å². The van der Waals surface area contributed by atoms with Gasteiger partial charge in [0.2, 0.25) is 0 Å². The minimum atomic E-state index is -0.132. The Morgan fingerprint density at radius 1 is 0.488 bits per heavy atom. The van der Waals surface area contributed by atoms with Crippen molar-refractivity contribution in [3.63, 3.8) is 0 Å². The second kappa shape index (κ2) is 22.3. The maximum atomic E-state index is 6.66. The Bertz CT molecular complexity index is 3850. The van der Waals surface area contributed by atoms with Crippen LogP contribution in [0.4, 0.5) is 34.3 Å². The van der Waals surface area contributed by atoms with Gasteiger partial charge in [-0.2, -0.15) is 18.2 Å². The van der Waals surface area contributed by atoms with Crippen LogP contribution < -0.4 is 19.9 Å². The smallest absolute Gasteiger partial charge is 0.130 e. The Balaban J connectivity index is 0.00000786. The maximum Gasteiger partial charge on any atom is 0.130 e.